The number of rotatable bonds is 4. The molecule has 0 saturated heterocycles. The Balaban J connectivity index is 0.000000557. The van der Waals surface area contributed by atoms with Gasteiger partial charge in [-0.2, -0.15) is 0 Å². The number of hydrogen-bond donors (Lipinski definition) is 2. The molecule has 0 aliphatic carbocycles. The standard InChI is InChI=1S/2C14H22O.C2H4/c2*1-10(2)8-11-6-7-13(15)12(9-11)14(3,4)5;1-2/h2*6-7,9-10,15H,8H2,1-5H3;1-2H2. The molecule has 0 fully saturated rings. The van der Waals surface area contributed by atoms with Gasteiger partial charge in [-0.15, -0.1) is 13.2 Å². The van der Waals surface area contributed by atoms with E-state index < -0.39 is 0 Å². The lowest BCUT2D eigenvalue weighted by molar-refractivity contribution is 0.445. The largest absolute Gasteiger partial charge is 0.508 e. The van der Waals surface area contributed by atoms with Crippen LogP contribution in [0.4, 0.5) is 0 Å². The highest BCUT2D eigenvalue weighted by Crippen LogP contribution is 2.32. The quantitative estimate of drug-likeness (QED) is 0.467. The maximum absolute atomic E-state index is 9.80. The summed E-state index contributed by atoms with van der Waals surface area (Å²) in [5.41, 5.74) is 4.73. The highest BCUT2D eigenvalue weighted by molar-refractivity contribution is 5.41. The monoisotopic (exact) mass is 440 g/mol. The molecule has 0 aliphatic heterocycles. The van der Waals surface area contributed by atoms with E-state index in [0.717, 1.165) is 24.0 Å². The molecule has 0 aliphatic rings. The molecule has 2 rings (SSSR count). The summed E-state index contributed by atoms with van der Waals surface area (Å²) in [4.78, 5) is 0. The lowest BCUT2D eigenvalue weighted by Gasteiger charge is -2.21. The lowest BCUT2D eigenvalue weighted by Crippen LogP contribution is -2.12. The molecule has 0 amide bonds. The molecule has 2 heteroatoms. The summed E-state index contributed by atoms with van der Waals surface area (Å²) in [5.74, 6) is 2.13. The van der Waals surface area contributed by atoms with E-state index in [9.17, 15) is 10.2 Å². The van der Waals surface area contributed by atoms with Crippen molar-refractivity contribution in [3.05, 3.63) is 71.8 Å². The zero-order chi connectivity index (χ0) is 25.3. The van der Waals surface area contributed by atoms with E-state index in [1.54, 1.807) is 0 Å². The molecule has 0 atom stereocenters. The second-order valence-corrected chi connectivity index (χ2v) is 11.4. The second-order valence-electron chi connectivity index (χ2n) is 11.4. The van der Waals surface area contributed by atoms with Crippen LogP contribution in [-0.4, -0.2) is 10.2 Å². The molecule has 2 N–H and O–H groups in total. The Morgan fingerprint density at radius 2 is 0.906 bits per heavy atom. The third-order valence-electron chi connectivity index (χ3n) is 5.03. The first kappa shape index (κ1) is 29.8. The summed E-state index contributed by atoms with van der Waals surface area (Å²) < 4.78 is 0. The van der Waals surface area contributed by atoms with Crippen LogP contribution in [0.1, 0.15) is 91.5 Å². The van der Waals surface area contributed by atoms with Gasteiger partial charge in [-0.1, -0.05) is 93.5 Å². The predicted molar refractivity (Wildman–Crippen MR) is 142 cm³/mol. The molecule has 0 radical (unpaired) electrons. The van der Waals surface area contributed by atoms with Crippen LogP contribution in [0.2, 0.25) is 0 Å². The minimum Gasteiger partial charge on any atom is -0.508 e. The topological polar surface area (TPSA) is 40.5 Å². The summed E-state index contributed by atoms with van der Waals surface area (Å²) in [6, 6.07) is 11.9. The van der Waals surface area contributed by atoms with E-state index in [2.05, 4.69) is 94.5 Å². The van der Waals surface area contributed by atoms with Gasteiger partial charge >= 0.3 is 0 Å². The van der Waals surface area contributed by atoms with Crippen LogP contribution in [0.15, 0.2) is 49.6 Å². The summed E-state index contributed by atoms with van der Waals surface area (Å²) in [5, 5.41) is 19.6. The summed E-state index contributed by atoms with van der Waals surface area (Å²) >= 11 is 0. The van der Waals surface area contributed by atoms with E-state index in [4.69, 9.17) is 0 Å². The molecule has 2 nitrogen and oxygen atoms in total. The minimum absolute atomic E-state index is 0.0110. The van der Waals surface area contributed by atoms with Crippen molar-refractivity contribution in [1.29, 1.82) is 0 Å². The molecule has 0 saturated carbocycles. The molecule has 0 aromatic heterocycles. The van der Waals surface area contributed by atoms with E-state index in [0.29, 0.717) is 23.3 Å². The van der Waals surface area contributed by atoms with Crippen molar-refractivity contribution in [1.82, 2.24) is 0 Å². The van der Waals surface area contributed by atoms with Crippen LogP contribution in [0.3, 0.4) is 0 Å². The van der Waals surface area contributed by atoms with E-state index >= 15 is 0 Å². The third kappa shape index (κ3) is 10.4. The third-order valence-corrected chi connectivity index (χ3v) is 5.03. The lowest BCUT2D eigenvalue weighted by atomic mass is 9.84. The second kappa shape index (κ2) is 12.7. The highest BCUT2D eigenvalue weighted by atomic mass is 16.3. The fourth-order valence-corrected chi connectivity index (χ4v) is 3.56. The van der Waals surface area contributed by atoms with Crippen molar-refractivity contribution in [2.75, 3.05) is 0 Å². The Kier molecular flexibility index (Phi) is 11.8. The van der Waals surface area contributed by atoms with Crippen LogP contribution < -0.4 is 0 Å². The van der Waals surface area contributed by atoms with Crippen molar-refractivity contribution >= 4 is 0 Å². The van der Waals surface area contributed by atoms with Gasteiger partial charge in [-0.25, -0.2) is 0 Å². The normalized spacial score (nSPS) is 11.5. The molecule has 32 heavy (non-hydrogen) atoms. The van der Waals surface area contributed by atoms with Gasteiger partial charge < -0.3 is 10.2 Å². The fourth-order valence-electron chi connectivity index (χ4n) is 3.56. The molecular formula is C30H48O2. The SMILES string of the molecule is C=C.CC(C)Cc1ccc(O)c(C(C)(C)C)c1.CC(C)Cc1ccc(O)c(C(C)(C)C)c1. The van der Waals surface area contributed by atoms with Gasteiger partial charge in [-0.05, 0) is 69.9 Å². The average Bonchev–Trinajstić information content (AvgIpc) is 2.64. The van der Waals surface area contributed by atoms with Crippen molar-refractivity contribution in [2.45, 2.75) is 92.9 Å². The first-order valence-electron chi connectivity index (χ1n) is 11.8. The van der Waals surface area contributed by atoms with Crippen LogP contribution in [0, 0.1) is 11.8 Å². The van der Waals surface area contributed by atoms with Crippen LogP contribution in [0.5, 0.6) is 11.5 Å². The van der Waals surface area contributed by atoms with Crippen LogP contribution in [-0.2, 0) is 23.7 Å². The number of benzene rings is 2. The van der Waals surface area contributed by atoms with Crippen molar-refractivity contribution in [2.24, 2.45) is 11.8 Å². The molecule has 0 heterocycles. The van der Waals surface area contributed by atoms with Gasteiger partial charge in [0, 0.05) is 0 Å². The van der Waals surface area contributed by atoms with Gasteiger partial charge in [-0.3, -0.25) is 0 Å². The summed E-state index contributed by atoms with van der Waals surface area (Å²) in [7, 11) is 0. The minimum atomic E-state index is 0.0110. The fraction of sp³-hybridized carbons (Fsp3) is 0.533. The molecule has 0 unspecified atom stereocenters. The van der Waals surface area contributed by atoms with E-state index in [1.165, 1.54) is 11.1 Å². The zero-order valence-corrected chi connectivity index (χ0v) is 22.3. The molecule has 2 aromatic rings. The smallest absolute Gasteiger partial charge is 0.119 e. The Bertz CT molecular complexity index is 748. The van der Waals surface area contributed by atoms with Gasteiger partial charge in [0.2, 0.25) is 0 Å². The van der Waals surface area contributed by atoms with Gasteiger partial charge in [0.1, 0.15) is 11.5 Å². The van der Waals surface area contributed by atoms with Gasteiger partial charge in [0.25, 0.3) is 0 Å². The summed E-state index contributed by atoms with van der Waals surface area (Å²) in [6.45, 7) is 27.6. The number of aromatic hydroxyl groups is 2. The Hall–Kier alpha value is -2.22. The Labute approximate surface area is 198 Å². The molecule has 0 spiro atoms. The number of hydrogen-bond acceptors (Lipinski definition) is 2. The zero-order valence-electron chi connectivity index (χ0n) is 22.3. The summed E-state index contributed by atoms with van der Waals surface area (Å²) in [6.07, 6.45) is 2.15. The first-order chi connectivity index (χ1) is 14.6. The molecule has 0 bridgehead atoms. The van der Waals surface area contributed by atoms with Gasteiger partial charge in [0.05, 0.1) is 0 Å². The maximum atomic E-state index is 9.80. The van der Waals surface area contributed by atoms with E-state index in [1.807, 2.05) is 24.3 Å². The van der Waals surface area contributed by atoms with Gasteiger partial charge in [0.15, 0.2) is 0 Å². The maximum Gasteiger partial charge on any atom is 0.119 e. The van der Waals surface area contributed by atoms with Crippen LogP contribution >= 0.6 is 0 Å². The molecule has 2 aromatic carbocycles. The number of phenolic OH excluding ortho intramolecular Hbond substituents is 2. The van der Waals surface area contributed by atoms with Crippen molar-refractivity contribution in [3.8, 4) is 11.5 Å². The Morgan fingerprint density at radius 3 is 1.12 bits per heavy atom. The predicted octanol–water partition coefficient (Wildman–Crippen LogP) is 8.58. The highest BCUT2D eigenvalue weighted by Gasteiger charge is 2.19. The van der Waals surface area contributed by atoms with E-state index in [-0.39, 0.29) is 10.8 Å². The van der Waals surface area contributed by atoms with Crippen molar-refractivity contribution in [3.63, 3.8) is 0 Å². The van der Waals surface area contributed by atoms with Crippen molar-refractivity contribution < 1.29 is 10.2 Å². The average molecular weight is 441 g/mol. The van der Waals surface area contributed by atoms with Crippen LogP contribution in [0.25, 0.3) is 0 Å². The molecular weight excluding hydrogens is 392 g/mol. The first-order valence-corrected chi connectivity index (χ1v) is 11.8. The number of phenols is 2. The Morgan fingerprint density at radius 1 is 0.625 bits per heavy atom. The molecule has 180 valence electrons.